The summed E-state index contributed by atoms with van der Waals surface area (Å²) in [5.74, 6) is 0.177. The summed E-state index contributed by atoms with van der Waals surface area (Å²) in [6.07, 6.45) is 11.9. The largest absolute Gasteiger partial charge is 0.294 e. The van der Waals surface area contributed by atoms with Gasteiger partial charge in [-0.1, -0.05) is 43.0 Å². The Balaban J connectivity index is 2.53. The molecule has 0 aromatic carbocycles. The van der Waals surface area contributed by atoms with E-state index >= 15 is 0 Å². The first-order valence-electron chi connectivity index (χ1n) is 4.26. The minimum Gasteiger partial charge on any atom is -0.294 e. The highest BCUT2D eigenvalue weighted by Gasteiger charge is 2.22. The molecule has 2 rings (SSSR count). The lowest BCUT2D eigenvalue weighted by Crippen LogP contribution is -1.92. The minimum absolute atomic E-state index is 0.177. The highest BCUT2D eigenvalue weighted by atomic mass is 16.1. The van der Waals surface area contributed by atoms with Crippen LogP contribution in [0.4, 0.5) is 0 Å². The van der Waals surface area contributed by atoms with Crippen LogP contribution in [0, 0.1) is 0 Å². The number of allylic oxidation sites excluding steroid dienone is 9. The number of hydrogen-bond donors (Lipinski definition) is 0. The fraction of sp³-hybridized carbons (Fsp3) is 0.0833. The standard InChI is InChI=1S/C12H10O/c1-9-8-12(13)11-7-5-3-2-4-6-10(9)11/h2-7H,1,8H2/b3-2-,4-2?,5-3?,6-4-,7-5-,10-6?,11-7?. The van der Waals surface area contributed by atoms with Gasteiger partial charge in [0.05, 0.1) is 0 Å². The summed E-state index contributed by atoms with van der Waals surface area (Å²) in [5, 5.41) is 0. The van der Waals surface area contributed by atoms with Gasteiger partial charge in [0.15, 0.2) is 5.78 Å². The van der Waals surface area contributed by atoms with Gasteiger partial charge in [0.25, 0.3) is 0 Å². The third kappa shape index (κ3) is 1.33. The predicted octanol–water partition coefficient (Wildman–Crippen LogP) is 2.49. The molecular weight excluding hydrogens is 160 g/mol. The molecular formula is C12H10O. The third-order valence-corrected chi connectivity index (χ3v) is 2.20. The summed E-state index contributed by atoms with van der Waals surface area (Å²) >= 11 is 0. The second kappa shape index (κ2) is 3.02. The van der Waals surface area contributed by atoms with Crippen LogP contribution in [0.5, 0.6) is 0 Å². The van der Waals surface area contributed by atoms with E-state index in [4.69, 9.17) is 0 Å². The highest BCUT2D eigenvalue weighted by Crippen LogP contribution is 2.29. The first kappa shape index (κ1) is 7.99. The van der Waals surface area contributed by atoms with Gasteiger partial charge < -0.3 is 0 Å². The molecule has 1 nitrogen and oxygen atoms in total. The van der Waals surface area contributed by atoms with Crippen molar-refractivity contribution in [2.24, 2.45) is 0 Å². The number of ketones is 1. The molecule has 0 bridgehead atoms. The Labute approximate surface area is 77.5 Å². The monoisotopic (exact) mass is 170 g/mol. The lowest BCUT2D eigenvalue weighted by molar-refractivity contribution is -0.114. The van der Waals surface area contributed by atoms with Crippen LogP contribution in [-0.2, 0) is 4.79 Å². The van der Waals surface area contributed by atoms with E-state index in [1.165, 1.54) is 0 Å². The maximum atomic E-state index is 11.5. The van der Waals surface area contributed by atoms with Crippen molar-refractivity contribution in [2.45, 2.75) is 6.42 Å². The molecule has 0 saturated carbocycles. The number of carbonyl (C=O) groups is 1. The van der Waals surface area contributed by atoms with E-state index in [-0.39, 0.29) is 5.78 Å². The fourth-order valence-electron chi connectivity index (χ4n) is 1.55. The molecule has 0 aromatic rings. The van der Waals surface area contributed by atoms with Crippen molar-refractivity contribution in [1.82, 2.24) is 0 Å². The predicted molar refractivity (Wildman–Crippen MR) is 53.2 cm³/mol. The topological polar surface area (TPSA) is 17.1 Å². The van der Waals surface area contributed by atoms with Crippen LogP contribution >= 0.6 is 0 Å². The van der Waals surface area contributed by atoms with Gasteiger partial charge in [-0.15, -0.1) is 0 Å². The first-order chi connectivity index (χ1) is 6.29. The molecule has 0 N–H and O–H groups in total. The van der Waals surface area contributed by atoms with Crippen molar-refractivity contribution in [3.05, 3.63) is 59.8 Å². The Hall–Kier alpha value is -1.63. The van der Waals surface area contributed by atoms with Gasteiger partial charge in [-0.3, -0.25) is 4.79 Å². The summed E-state index contributed by atoms with van der Waals surface area (Å²) in [6, 6.07) is 0. The normalized spacial score (nSPS) is 28.0. The second-order valence-corrected chi connectivity index (χ2v) is 3.13. The quantitative estimate of drug-likeness (QED) is 0.546. The maximum absolute atomic E-state index is 11.5. The number of Topliss-reactive ketones (excluding diaryl/α,β-unsaturated/α-hetero) is 1. The SMILES string of the molecule is C=C1CC(=O)C2=C1\C=C/C=C\C=C/2. The van der Waals surface area contributed by atoms with Crippen LogP contribution in [0.2, 0.25) is 0 Å². The Morgan fingerprint density at radius 1 is 1.00 bits per heavy atom. The van der Waals surface area contributed by atoms with Gasteiger partial charge in [-0.2, -0.15) is 0 Å². The highest BCUT2D eigenvalue weighted by molar-refractivity contribution is 6.05. The van der Waals surface area contributed by atoms with E-state index in [0.717, 1.165) is 16.7 Å². The third-order valence-electron chi connectivity index (χ3n) is 2.20. The fourth-order valence-corrected chi connectivity index (χ4v) is 1.55. The van der Waals surface area contributed by atoms with Crippen LogP contribution in [0.1, 0.15) is 6.42 Å². The Bertz CT molecular complexity index is 353. The van der Waals surface area contributed by atoms with Gasteiger partial charge in [-0.05, 0) is 11.1 Å². The van der Waals surface area contributed by atoms with Crippen molar-refractivity contribution < 1.29 is 4.79 Å². The zero-order chi connectivity index (χ0) is 9.26. The lowest BCUT2D eigenvalue weighted by Gasteiger charge is -1.97. The summed E-state index contributed by atoms with van der Waals surface area (Å²) in [6.45, 7) is 3.87. The van der Waals surface area contributed by atoms with Crippen LogP contribution < -0.4 is 0 Å². The first-order valence-corrected chi connectivity index (χ1v) is 4.26. The Morgan fingerprint density at radius 3 is 2.31 bits per heavy atom. The molecule has 0 aromatic heterocycles. The molecule has 0 amide bonds. The maximum Gasteiger partial charge on any atom is 0.167 e. The molecule has 64 valence electrons. The molecule has 2 aliphatic carbocycles. The number of rotatable bonds is 0. The minimum atomic E-state index is 0.177. The van der Waals surface area contributed by atoms with Crippen molar-refractivity contribution in [3.8, 4) is 0 Å². The van der Waals surface area contributed by atoms with Gasteiger partial charge in [-0.25, -0.2) is 0 Å². The molecule has 0 aliphatic heterocycles. The zero-order valence-electron chi connectivity index (χ0n) is 7.29. The molecule has 0 heterocycles. The van der Waals surface area contributed by atoms with Crippen molar-refractivity contribution in [3.63, 3.8) is 0 Å². The van der Waals surface area contributed by atoms with Crippen LogP contribution in [0.3, 0.4) is 0 Å². The molecule has 0 spiro atoms. The number of carbonyl (C=O) groups excluding carboxylic acids is 1. The summed E-state index contributed by atoms with van der Waals surface area (Å²) < 4.78 is 0. The molecule has 0 saturated heterocycles. The zero-order valence-corrected chi connectivity index (χ0v) is 7.29. The van der Waals surface area contributed by atoms with Crippen LogP contribution in [-0.4, -0.2) is 5.78 Å². The van der Waals surface area contributed by atoms with E-state index in [2.05, 4.69) is 6.58 Å². The van der Waals surface area contributed by atoms with E-state index in [9.17, 15) is 4.79 Å². The van der Waals surface area contributed by atoms with E-state index in [0.29, 0.717) is 6.42 Å². The summed E-state index contributed by atoms with van der Waals surface area (Å²) in [5.41, 5.74) is 2.72. The van der Waals surface area contributed by atoms with E-state index in [1.54, 1.807) is 0 Å². The van der Waals surface area contributed by atoms with Crippen LogP contribution in [0.15, 0.2) is 59.8 Å². The average molecular weight is 170 g/mol. The van der Waals surface area contributed by atoms with Gasteiger partial charge in [0.1, 0.15) is 0 Å². The molecule has 0 unspecified atom stereocenters. The van der Waals surface area contributed by atoms with Gasteiger partial charge in [0.2, 0.25) is 0 Å². The van der Waals surface area contributed by atoms with Crippen molar-refractivity contribution in [1.29, 1.82) is 0 Å². The molecule has 1 heteroatoms. The molecule has 0 fully saturated rings. The molecule has 2 aliphatic rings. The van der Waals surface area contributed by atoms with E-state index < -0.39 is 0 Å². The van der Waals surface area contributed by atoms with E-state index in [1.807, 2.05) is 36.5 Å². The van der Waals surface area contributed by atoms with Crippen molar-refractivity contribution in [2.75, 3.05) is 0 Å². The summed E-state index contributed by atoms with van der Waals surface area (Å²) in [4.78, 5) is 11.5. The smallest absolute Gasteiger partial charge is 0.167 e. The average Bonchev–Trinajstić information content (AvgIpc) is 2.25. The van der Waals surface area contributed by atoms with Crippen LogP contribution in [0.25, 0.3) is 0 Å². The molecule has 0 radical (unpaired) electrons. The number of hydrogen-bond acceptors (Lipinski definition) is 1. The Morgan fingerprint density at radius 2 is 1.62 bits per heavy atom. The molecule has 0 atom stereocenters. The summed E-state index contributed by atoms with van der Waals surface area (Å²) in [7, 11) is 0. The molecule has 13 heavy (non-hydrogen) atoms. The van der Waals surface area contributed by atoms with Gasteiger partial charge in [0, 0.05) is 12.0 Å². The van der Waals surface area contributed by atoms with Gasteiger partial charge >= 0.3 is 0 Å². The second-order valence-electron chi connectivity index (χ2n) is 3.13. The van der Waals surface area contributed by atoms with Crippen molar-refractivity contribution >= 4 is 5.78 Å². The Kier molecular flexibility index (Phi) is 1.85. The lowest BCUT2D eigenvalue weighted by atomic mass is 10.1.